The van der Waals surface area contributed by atoms with Crippen LogP contribution in [-0.4, -0.2) is 13.4 Å². The van der Waals surface area contributed by atoms with Crippen molar-refractivity contribution in [3.8, 4) is 0 Å². The minimum absolute atomic E-state index is 0.105. The molecular weight excluding hydrogens is 176 g/mol. The lowest BCUT2D eigenvalue weighted by atomic mass is 10.1. The molecule has 0 radical (unpaired) electrons. The molecule has 2 unspecified atom stereocenters. The highest BCUT2D eigenvalue weighted by Gasteiger charge is 2.10. The zero-order valence-electron chi connectivity index (χ0n) is 8.64. The molecule has 0 aliphatic carbocycles. The maximum absolute atomic E-state index is 5.59. The molecule has 0 saturated carbocycles. The van der Waals surface area contributed by atoms with Gasteiger partial charge in [0.25, 0.3) is 0 Å². The molecule has 0 amide bonds. The molecule has 0 spiro atoms. The SMILES string of the molecule is C=CC(OC(C)OC)c1ccccc1. The van der Waals surface area contributed by atoms with E-state index in [1.165, 1.54) is 0 Å². The summed E-state index contributed by atoms with van der Waals surface area (Å²) < 4.78 is 10.6. The second-order valence-corrected chi connectivity index (χ2v) is 3.01. The van der Waals surface area contributed by atoms with Gasteiger partial charge in [-0.25, -0.2) is 0 Å². The van der Waals surface area contributed by atoms with Gasteiger partial charge in [0, 0.05) is 7.11 Å². The Balaban J connectivity index is 2.68. The molecule has 0 heterocycles. The standard InChI is InChI=1S/C12H16O2/c1-4-12(14-10(2)13-3)11-8-6-5-7-9-11/h4-10,12H,1H2,2-3H3. The first-order valence-corrected chi connectivity index (χ1v) is 4.63. The van der Waals surface area contributed by atoms with E-state index in [0.717, 1.165) is 5.56 Å². The lowest BCUT2D eigenvalue weighted by Crippen LogP contribution is -2.13. The second-order valence-electron chi connectivity index (χ2n) is 3.01. The number of methoxy groups -OCH3 is 1. The van der Waals surface area contributed by atoms with E-state index in [1.54, 1.807) is 13.2 Å². The quantitative estimate of drug-likeness (QED) is 0.527. The predicted molar refractivity (Wildman–Crippen MR) is 56.9 cm³/mol. The zero-order valence-corrected chi connectivity index (χ0v) is 8.64. The largest absolute Gasteiger partial charge is 0.356 e. The van der Waals surface area contributed by atoms with Crippen molar-refractivity contribution in [3.05, 3.63) is 48.6 Å². The third kappa shape index (κ3) is 2.98. The number of hydrogen-bond acceptors (Lipinski definition) is 2. The average molecular weight is 192 g/mol. The third-order valence-corrected chi connectivity index (χ3v) is 2.01. The smallest absolute Gasteiger partial charge is 0.155 e. The van der Waals surface area contributed by atoms with Crippen LogP contribution in [0, 0.1) is 0 Å². The van der Waals surface area contributed by atoms with Crippen molar-refractivity contribution in [1.29, 1.82) is 0 Å². The van der Waals surface area contributed by atoms with Gasteiger partial charge >= 0.3 is 0 Å². The zero-order chi connectivity index (χ0) is 10.4. The van der Waals surface area contributed by atoms with Crippen LogP contribution in [0.1, 0.15) is 18.6 Å². The molecule has 1 aromatic carbocycles. The Hall–Kier alpha value is -1.12. The Morgan fingerprint density at radius 3 is 2.43 bits per heavy atom. The van der Waals surface area contributed by atoms with Crippen LogP contribution in [-0.2, 0) is 9.47 Å². The van der Waals surface area contributed by atoms with Crippen molar-refractivity contribution >= 4 is 0 Å². The Morgan fingerprint density at radius 1 is 1.29 bits per heavy atom. The van der Waals surface area contributed by atoms with E-state index in [0.29, 0.717) is 0 Å². The van der Waals surface area contributed by atoms with Gasteiger partial charge in [-0.3, -0.25) is 0 Å². The first-order chi connectivity index (χ1) is 6.77. The molecule has 0 fully saturated rings. The van der Waals surface area contributed by atoms with E-state index >= 15 is 0 Å². The summed E-state index contributed by atoms with van der Waals surface area (Å²) in [5.74, 6) is 0. The summed E-state index contributed by atoms with van der Waals surface area (Å²) in [5.41, 5.74) is 1.09. The van der Waals surface area contributed by atoms with Crippen molar-refractivity contribution in [3.63, 3.8) is 0 Å². The fourth-order valence-electron chi connectivity index (χ4n) is 1.17. The van der Waals surface area contributed by atoms with Gasteiger partial charge in [0.2, 0.25) is 0 Å². The predicted octanol–water partition coefficient (Wildman–Crippen LogP) is 2.92. The summed E-state index contributed by atoms with van der Waals surface area (Å²) in [7, 11) is 1.62. The summed E-state index contributed by atoms with van der Waals surface area (Å²) in [6.45, 7) is 5.60. The first-order valence-electron chi connectivity index (χ1n) is 4.63. The second kappa shape index (κ2) is 5.58. The maximum atomic E-state index is 5.59. The van der Waals surface area contributed by atoms with Crippen molar-refractivity contribution in [2.75, 3.05) is 7.11 Å². The molecule has 0 aromatic heterocycles. The van der Waals surface area contributed by atoms with Crippen LogP contribution in [0.3, 0.4) is 0 Å². The Bertz CT molecular complexity index is 269. The first kappa shape index (κ1) is 11.0. The summed E-state index contributed by atoms with van der Waals surface area (Å²) in [4.78, 5) is 0. The fourth-order valence-corrected chi connectivity index (χ4v) is 1.17. The van der Waals surface area contributed by atoms with Crippen molar-refractivity contribution in [2.24, 2.45) is 0 Å². The number of benzene rings is 1. The van der Waals surface area contributed by atoms with Crippen molar-refractivity contribution in [1.82, 2.24) is 0 Å². The lowest BCUT2D eigenvalue weighted by Gasteiger charge is -2.18. The van der Waals surface area contributed by atoms with E-state index in [-0.39, 0.29) is 12.4 Å². The molecule has 1 rings (SSSR count). The average Bonchev–Trinajstić information content (AvgIpc) is 2.26. The summed E-state index contributed by atoms with van der Waals surface area (Å²) >= 11 is 0. The van der Waals surface area contributed by atoms with Crippen LogP contribution in [0.2, 0.25) is 0 Å². The number of rotatable bonds is 5. The monoisotopic (exact) mass is 192 g/mol. The van der Waals surface area contributed by atoms with Gasteiger partial charge < -0.3 is 9.47 Å². The van der Waals surface area contributed by atoms with Crippen LogP contribution in [0.15, 0.2) is 43.0 Å². The molecule has 1 aromatic rings. The van der Waals surface area contributed by atoms with Crippen LogP contribution in [0.4, 0.5) is 0 Å². The van der Waals surface area contributed by atoms with Gasteiger partial charge in [-0.15, -0.1) is 6.58 Å². The third-order valence-electron chi connectivity index (χ3n) is 2.01. The minimum Gasteiger partial charge on any atom is -0.356 e. The topological polar surface area (TPSA) is 18.5 Å². The van der Waals surface area contributed by atoms with Gasteiger partial charge in [-0.05, 0) is 12.5 Å². The van der Waals surface area contributed by atoms with Gasteiger partial charge in [-0.1, -0.05) is 36.4 Å². The van der Waals surface area contributed by atoms with Crippen LogP contribution in [0.25, 0.3) is 0 Å². The molecule has 2 atom stereocenters. The van der Waals surface area contributed by atoms with Crippen LogP contribution in [0.5, 0.6) is 0 Å². The molecule has 0 saturated heterocycles. The molecule has 2 heteroatoms. The molecule has 0 bridgehead atoms. The molecule has 0 aliphatic rings. The van der Waals surface area contributed by atoms with Gasteiger partial charge in [0.05, 0.1) is 0 Å². The normalized spacial score (nSPS) is 14.7. The van der Waals surface area contributed by atoms with E-state index in [2.05, 4.69) is 6.58 Å². The van der Waals surface area contributed by atoms with Crippen LogP contribution < -0.4 is 0 Å². The number of hydrogen-bond donors (Lipinski definition) is 0. The highest BCUT2D eigenvalue weighted by molar-refractivity contribution is 5.20. The molecule has 76 valence electrons. The minimum atomic E-state index is -0.224. The van der Waals surface area contributed by atoms with Crippen molar-refractivity contribution in [2.45, 2.75) is 19.3 Å². The summed E-state index contributed by atoms with van der Waals surface area (Å²) in [6, 6.07) is 9.95. The lowest BCUT2D eigenvalue weighted by molar-refractivity contribution is -0.132. The Kier molecular flexibility index (Phi) is 4.36. The highest BCUT2D eigenvalue weighted by atomic mass is 16.7. The molecule has 2 nitrogen and oxygen atoms in total. The fraction of sp³-hybridized carbons (Fsp3) is 0.333. The van der Waals surface area contributed by atoms with E-state index < -0.39 is 0 Å². The van der Waals surface area contributed by atoms with Crippen molar-refractivity contribution < 1.29 is 9.47 Å². The van der Waals surface area contributed by atoms with Crippen LogP contribution >= 0.6 is 0 Å². The van der Waals surface area contributed by atoms with E-state index in [9.17, 15) is 0 Å². The number of ether oxygens (including phenoxy) is 2. The van der Waals surface area contributed by atoms with E-state index in [4.69, 9.17) is 9.47 Å². The Labute approximate surface area is 85.2 Å². The molecule has 0 N–H and O–H groups in total. The Morgan fingerprint density at radius 2 is 1.93 bits per heavy atom. The molecule has 14 heavy (non-hydrogen) atoms. The summed E-state index contributed by atoms with van der Waals surface area (Å²) in [6.07, 6.45) is 1.44. The highest BCUT2D eigenvalue weighted by Crippen LogP contribution is 2.19. The molecule has 0 aliphatic heterocycles. The maximum Gasteiger partial charge on any atom is 0.155 e. The van der Waals surface area contributed by atoms with E-state index in [1.807, 2.05) is 37.3 Å². The molecular formula is C12H16O2. The van der Waals surface area contributed by atoms with Gasteiger partial charge in [0.1, 0.15) is 6.10 Å². The van der Waals surface area contributed by atoms with Gasteiger partial charge in [0.15, 0.2) is 6.29 Å². The van der Waals surface area contributed by atoms with Gasteiger partial charge in [-0.2, -0.15) is 0 Å². The summed E-state index contributed by atoms with van der Waals surface area (Å²) in [5, 5.41) is 0.